The molecule has 0 aliphatic carbocycles. The second-order valence-corrected chi connectivity index (χ2v) is 6.72. The van der Waals surface area contributed by atoms with E-state index in [4.69, 9.17) is 4.74 Å². The molecule has 1 aliphatic heterocycles. The van der Waals surface area contributed by atoms with Crippen molar-refractivity contribution in [1.29, 1.82) is 0 Å². The Bertz CT molecular complexity index is 431. The highest BCUT2D eigenvalue weighted by atomic mass is 35.5. The van der Waals surface area contributed by atoms with Crippen molar-refractivity contribution in [3.8, 4) is 5.75 Å². The number of hydrogen-bond acceptors (Lipinski definition) is 3. The maximum atomic E-state index is 5.76. The lowest BCUT2D eigenvalue weighted by Gasteiger charge is -2.29. The summed E-state index contributed by atoms with van der Waals surface area (Å²) in [6.45, 7) is 10.9. The van der Waals surface area contributed by atoms with Crippen LogP contribution < -0.4 is 10.1 Å². The highest BCUT2D eigenvalue weighted by Crippen LogP contribution is 2.26. The molecule has 0 aromatic heterocycles. The fourth-order valence-electron chi connectivity index (χ4n) is 3.01. The lowest BCUT2D eigenvalue weighted by Crippen LogP contribution is -2.34. The van der Waals surface area contributed by atoms with Crippen molar-refractivity contribution in [3.05, 3.63) is 29.8 Å². The number of halogens is 1. The maximum absolute atomic E-state index is 5.76. The first kappa shape index (κ1) is 18.3. The first-order valence-electron chi connectivity index (χ1n) is 7.62. The van der Waals surface area contributed by atoms with E-state index >= 15 is 0 Å². The van der Waals surface area contributed by atoms with Crippen LogP contribution in [0.2, 0.25) is 0 Å². The van der Waals surface area contributed by atoms with Crippen LogP contribution in [0.3, 0.4) is 0 Å². The van der Waals surface area contributed by atoms with E-state index in [1.807, 2.05) is 6.07 Å². The molecule has 2 rings (SSSR count). The van der Waals surface area contributed by atoms with Gasteiger partial charge in [-0.1, -0.05) is 19.1 Å². The van der Waals surface area contributed by atoms with Crippen molar-refractivity contribution in [2.75, 3.05) is 26.7 Å². The molecule has 1 N–H and O–H groups in total. The molecular weight excluding hydrogens is 284 g/mol. The van der Waals surface area contributed by atoms with Gasteiger partial charge >= 0.3 is 0 Å². The molecule has 0 radical (unpaired) electrons. The number of benzene rings is 1. The first-order valence-corrected chi connectivity index (χ1v) is 7.62. The Morgan fingerprint density at radius 2 is 2.14 bits per heavy atom. The molecule has 0 amide bonds. The lowest BCUT2D eigenvalue weighted by molar-refractivity contribution is 0.203. The summed E-state index contributed by atoms with van der Waals surface area (Å²) < 4.78 is 5.76. The molecule has 120 valence electrons. The van der Waals surface area contributed by atoms with Crippen molar-refractivity contribution in [2.24, 2.45) is 5.41 Å². The fraction of sp³-hybridized carbons (Fsp3) is 0.647. The standard InChI is InChI=1S/C17H28N2O.ClH/c1-14(2)20-16-7-5-6-15(10-16)11-19(4)13-17(3)8-9-18-12-17;/h5-7,10,14,18H,8-9,11-13H2,1-4H3;1H. The van der Waals surface area contributed by atoms with Gasteiger partial charge in [-0.05, 0) is 57.0 Å². The van der Waals surface area contributed by atoms with Gasteiger partial charge in [-0.2, -0.15) is 0 Å². The average Bonchev–Trinajstić information content (AvgIpc) is 2.74. The van der Waals surface area contributed by atoms with Crippen molar-refractivity contribution >= 4 is 12.4 Å². The van der Waals surface area contributed by atoms with Gasteiger partial charge < -0.3 is 15.0 Å². The van der Waals surface area contributed by atoms with Crippen LogP contribution in [0.15, 0.2) is 24.3 Å². The Hall–Kier alpha value is -0.770. The van der Waals surface area contributed by atoms with E-state index in [1.165, 1.54) is 12.0 Å². The Labute approximate surface area is 135 Å². The largest absolute Gasteiger partial charge is 0.491 e. The van der Waals surface area contributed by atoms with Gasteiger partial charge in [0.1, 0.15) is 5.75 Å². The van der Waals surface area contributed by atoms with Crippen LogP contribution in [0.1, 0.15) is 32.8 Å². The number of nitrogens with zero attached hydrogens (tertiary/aromatic N) is 1. The molecule has 4 heteroatoms. The second-order valence-electron chi connectivity index (χ2n) is 6.72. The van der Waals surface area contributed by atoms with Crippen LogP contribution >= 0.6 is 12.4 Å². The summed E-state index contributed by atoms with van der Waals surface area (Å²) in [6, 6.07) is 8.45. The smallest absolute Gasteiger partial charge is 0.120 e. The summed E-state index contributed by atoms with van der Waals surface area (Å²) in [5.74, 6) is 0.972. The van der Waals surface area contributed by atoms with Crippen LogP contribution in [-0.4, -0.2) is 37.7 Å². The molecule has 1 fully saturated rings. The van der Waals surface area contributed by atoms with E-state index in [0.29, 0.717) is 5.41 Å². The Morgan fingerprint density at radius 1 is 1.38 bits per heavy atom. The minimum Gasteiger partial charge on any atom is -0.491 e. The van der Waals surface area contributed by atoms with Crippen LogP contribution in [0.25, 0.3) is 0 Å². The summed E-state index contributed by atoms with van der Waals surface area (Å²) in [5, 5.41) is 3.47. The molecule has 0 spiro atoms. The minimum atomic E-state index is 0. The van der Waals surface area contributed by atoms with Crippen LogP contribution in [0.5, 0.6) is 5.75 Å². The predicted molar refractivity (Wildman–Crippen MR) is 91.4 cm³/mol. The Kier molecular flexibility index (Phi) is 6.98. The minimum absolute atomic E-state index is 0. The summed E-state index contributed by atoms with van der Waals surface area (Å²) >= 11 is 0. The highest BCUT2D eigenvalue weighted by Gasteiger charge is 2.29. The molecular formula is C17H29ClN2O. The zero-order chi connectivity index (χ0) is 14.6. The molecule has 0 saturated carbocycles. The van der Waals surface area contributed by atoms with E-state index in [-0.39, 0.29) is 18.5 Å². The molecule has 1 atom stereocenters. The van der Waals surface area contributed by atoms with Crippen molar-refractivity contribution < 1.29 is 4.74 Å². The average molecular weight is 313 g/mol. The van der Waals surface area contributed by atoms with Crippen LogP contribution in [0, 0.1) is 5.41 Å². The number of nitrogens with one attached hydrogen (secondary N) is 1. The second kappa shape index (κ2) is 8.02. The molecule has 3 nitrogen and oxygen atoms in total. The SMILES string of the molecule is CC(C)Oc1cccc(CN(C)CC2(C)CCNC2)c1.Cl. The zero-order valence-corrected chi connectivity index (χ0v) is 14.5. The quantitative estimate of drug-likeness (QED) is 0.872. The number of hydrogen-bond donors (Lipinski definition) is 1. The van der Waals surface area contributed by atoms with E-state index in [0.717, 1.165) is 31.9 Å². The van der Waals surface area contributed by atoms with Crippen LogP contribution in [0.4, 0.5) is 0 Å². The Morgan fingerprint density at radius 3 is 2.76 bits per heavy atom. The van der Waals surface area contributed by atoms with E-state index < -0.39 is 0 Å². The predicted octanol–water partition coefficient (Wildman–Crippen LogP) is 3.33. The Balaban J connectivity index is 0.00000220. The van der Waals surface area contributed by atoms with Gasteiger partial charge in [0.25, 0.3) is 0 Å². The summed E-state index contributed by atoms with van der Waals surface area (Å²) in [4.78, 5) is 2.42. The van der Waals surface area contributed by atoms with E-state index in [1.54, 1.807) is 0 Å². The summed E-state index contributed by atoms with van der Waals surface area (Å²) in [6.07, 6.45) is 1.50. The van der Waals surface area contributed by atoms with Crippen LogP contribution in [-0.2, 0) is 6.54 Å². The number of ether oxygens (including phenoxy) is 1. The van der Waals surface area contributed by atoms with E-state index in [2.05, 4.69) is 56.2 Å². The third-order valence-corrected chi connectivity index (χ3v) is 3.83. The summed E-state index contributed by atoms with van der Waals surface area (Å²) in [5.41, 5.74) is 1.74. The third-order valence-electron chi connectivity index (χ3n) is 3.83. The molecule has 1 heterocycles. The molecule has 1 aliphatic rings. The van der Waals surface area contributed by atoms with Gasteiger partial charge in [0.2, 0.25) is 0 Å². The van der Waals surface area contributed by atoms with Gasteiger partial charge in [0.15, 0.2) is 0 Å². The normalized spacial score (nSPS) is 21.6. The monoisotopic (exact) mass is 312 g/mol. The lowest BCUT2D eigenvalue weighted by atomic mass is 9.89. The van der Waals surface area contributed by atoms with Gasteiger partial charge in [0, 0.05) is 19.6 Å². The van der Waals surface area contributed by atoms with Gasteiger partial charge in [0.05, 0.1) is 6.10 Å². The zero-order valence-electron chi connectivity index (χ0n) is 13.7. The number of rotatable bonds is 6. The summed E-state index contributed by atoms with van der Waals surface area (Å²) in [7, 11) is 2.21. The van der Waals surface area contributed by atoms with Crippen molar-refractivity contribution in [1.82, 2.24) is 10.2 Å². The highest BCUT2D eigenvalue weighted by molar-refractivity contribution is 5.85. The molecule has 21 heavy (non-hydrogen) atoms. The maximum Gasteiger partial charge on any atom is 0.120 e. The molecule has 0 bridgehead atoms. The molecule has 1 saturated heterocycles. The van der Waals surface area contributed by atoms with Gasteiger partial charge in [-0.25, -0.2) is 0 Å². The molecule has 1 unspecified atom stereocenters. The van der Waals surface area contributed by atoms with E-state index in [9.17, 15) is 0 Å². The van der Waals surface area contributed by atoms with Gasteiger partial charge in [-0.3, -0.25) is 0 Å². The van der Waals surface area contributed by atoms with Gasteiger partial charge in [-0.15, -0.1) is 12.4 Å². The molecule has 1 aromatic rings. The van der Waals surface area contributed by atoms with Crippen molar-refractivity contribution in [2.45, 2.75) is 39.8 Å². The molecule has 1 aromatic carbocycles. The third kappa shape index (κ3) is 5.85. The fourth-order valence-corrected chi connectivity index (χ4v) is 3.01. The van der Waals surface area contributed by atoms with Crippen molar-refractivity contribution in [3.63, 3.8) is 0 Å². The topological polar surface area (TPSA) is 24.5 Å². The first-order chi connectivity index (χ1) is 9.47.